The average molecular weight is 314 g/mol. The van der Waals surface area contributed by atoms with Gasteiger partial charge in [-0.25, -0.2) is 9.97 Å². The molecule has 0 aliphatic heterocycles. The number of nitrogens with one attached hydrogen (secondary N) is 1. The number of aryl methyl sites for hydroxylation is 1. The van der Waals surface area contributed by atoms with Gasteiger partial charge in [-0.3, -0.25) is 4.98 Å². The minimum absolute atomic E-state index is 0.568. The summed E-state index contributed by atoms with van der Waals surface area (Å²) in [6.07, 6.45) is 7.59. The first-order chi connectivity index (χ1) is 11.8. The number of aromatic nitrogens is 4. The molecular weight excluding hydrogens is 298 g/mol. The van der Waals surface area contributed by atoms with E-state index >= 15 is 0 Å². The predicted octanol–water partition coefficient (Wildman–Crippen LogP) is 4.06. The summed E-state index contributed by atoms with van der Waals surface area (Å²) >= 11 is 0. The molecule has 0 atom stereocenters. The first-order valence-electron chi connectivity index (χ1n) is 7.84. The first-order valence-corrected chi connectivity index (χ1v) is 7.84. The van der Waals surface area contributed by atoms with Crippen molar-refractivity contribution in [2.75, 3.05) is 5.32 Å². The highest BCUT2D eigenvalue weighted by Crippen LogP contribution is 2.29. The molecule has 5 heteroatoms. The van der Waals surface area contributed by atoms with Gasteiger partial charge in [-0.1, -0.05) is 12.1 Å². The van der Waals surface area contributed by atoms with E-state index < -0.39 is 0 Å². The quantitative estimate of drug-likeness (QED) is 0.617. The monoisotopic (exact) mass is 314 g/mol. The molecule has 0 fully saturated rings. The van der Waals surface area contributed by atoms with Crippen LogP contribution in [0, 0.1) is 6.07 Å². The molecule has 0 aliphatic carbocycles. The number of fused-ring (bicyclic) bond motifs is 1. The van der Waals surface area contributed by atoms with Crippen LogP contribution in [0.4, 0.5) is 11.6 Å². The Balaban J connectivity index is 1.76. The highest BCUT2D eigenvalue weighted by Gasteiger charge is 2.11. The molecular formula is C19H16N5. The van der Waals surface area contributed by atoms with Crippen LogP contribution in [0.2, 0.25) is 0 Å². The first kappa shape index (κ1) is 14.4. The summed E-state index contributed by atoms with van der Waals surface area (Å²) in [5.41, 5.74) is 3.99. The topological polar surface area (TPSA) is 55.6 Å². The Kier molecular flexibility index (Phi) is 3.67. The normalized spacial score (nSPS) is 10.9. The zero-order valence-corrected chi connectivity index (χ0v) is 13.3. The smallest absolute Gasteiger partial charge is 0.227 e. The van der Waals surface area contributed by atoms with E-state index in [9.17, 15) is 0 Å². The van der Waals surface area contributed by atoms with E-state index in [2.05, 4.69) is 44.0 Å². The highest BCUT2D eigenvalue weighted by molar-refractivity contribution is 5.94. The minimum Gasteiger partial charge on any atom is -0.346 e. The van der Waals surface area contributed by atoms with Gasteiger partial charge in [-0.15, -0.1) is 0 Å². The van der Waals surface area contributed by atoms with Crippen molar-refractivity contribution in [1.82, 2.24) is 19.5 Å². The molecule has 0 saturated heterocycles. The lowest BCUT2D eigenvalue weighted by atomic mass is 10.1. The SMILES string of the molecule is CCn1cc(-c2ccnc(Nc3c[c]ccc3)n2)c2ccncc21. The molecule has 4 rings (SSSR count). The number of pyridine rings is 1. The van der Waals surface area contributed by atoms with Gasteiger partial charge in [-0.2, -0.15) is 0 Å². The van der Waals surface area contributed by atoms with E-state index in [0.717, 1.165) is 34.4 Å². The van der Waals surface area contributed by atoms with Crippen molar-refractivity contribution in [3.05, 3.63) is 67.3 Å². The van der Waals surface area contributed by atoms with E-state index in [1.807, 2.05) is 48.8 Å². The molecule has 0 bridgehead atoms. The van der Waals surface area contributed by atoms with Gasteiger partial charge in [0, 0.05) is 41.8 Å². The zero-order valence-electron chi connectivity index (χ0n) is 13.3. The second kappa shape index (κ2) is 6.12. The number of benzene rings is 1. The Labute approximate surface area is 140 Å². The molecule has 1 aromatic carbocycles. The van der Waals surface area contributed by atoms with Crippen LogP contribution >= 0.6 is 0 Å². The molecule has 117 valence electrons. The van der Waals surface area contributed by atoms with Crippen molar-refractivity contribution in [3.8, 4) is 11.3 Å². The summed E-state index contributed by atoms with van der Waals surface area (Å²) in [7, 11) is 0. The molecule has 24 heavy (non-hydrogen) atoms. The van der Waals surface area contributed by atoms with Crippen molar-refractivity contribution in [2.24, 2.45) is 0 Å². The molecule has 1 N–H and O–H groups in total. The Morgan fingerprint density at radius 1 is 1.21 bits per heavy atom. The third-order valence-electron chi connectivity index (χ3n) is 3.92. The maximum absolute atomic E-state index is 4.67. The van der Waals surface area contributed by atoms with Crippen molar-refractivity contribution in [3.63, 3.8) is 0 Å². The van der Waals surface area contributed by atoms with Gasteiger partial charge in [0.15, 0.2) is 0 Å². The van der Waals surface area contributed by atoms with Crippen LogP contribution in [0.15, 0.2) is 61.2 Å². The molecule has 0 saturated carbocycles. The fourth-order valence-corrected chi connectivity index (χ4v) is 2.77. The third-order valence-corrected chi connectivity index (χ3v) is 3.92. The van der Waals surface area contributed by atoms with Crippen molar-refractivity contribution in [1.29, 1.82) is 0 Å². The van der Waals surface area contributed by atoms with Crippen molar-refractivity contribution < 1.29 is 0 Å². The number of rotatable bonds is 4. The Hall–Kier alpha value is -3.21. The summed E-state index contributed by atoms with van der Waals surface area (Å²) in [5.74, 6) is 0.568. The summed E-state index contributed by atoms with van der Waals surface area (Å²) < 4.78 is 2.18. The fourth-order valence-electron chi connectivity index (χ4n) is 2.77. The summed E-state index contributed by atoms with van der Waals surface area (Å²) in [6, 6.07) is 14.6. The van der Waals surface area contributed by atoms with Gasteiger partial charge >= 0.3 is 0 Å². The molecule has 3 aromatic heterocycles. The van der Waals surface area contributed by atoms with Gasteiger partial charge in [0.25, 0.3) is 0 Å². The van der Waals surface area contributed by atoms with Crippen molar-refractivity contribution in [2.45, 2.75) is 13.5 Å². The molecule has 4 aromatic rings. The van der Waals surface area contributed by atoms with Gasteiger partial charge in [0.2, 0.25) is 5.95 Å². The van der Waals surface area contributed by atoms with Crippen LogP contribution in [-0.4, -0.2) is 19.5 Å². The molecule has 5 nitrogen and oxygen atoms in total. The summed E-state index contributed by atoms with van der Waals surface area (Å²) in [5, 5.41) is 4.35. The van der Waals surface area contributed by atoms with Crippen molar-refractivity contribution >= 4 is 22.5 Å². The number of hydrogen-bond acceptors (Lipinski definition) is 4. The van der Waals surface area contributed by atoms with Crippen LogP contribution in [0.25, 0.3) is 22.2 Å². The average Bonchev–Trinajstić information content (AvgIpc) is 3.02. The number of anilines is 2. The predicted molar refractivity (Wildman–Crippen MR) is 95.0 cm³/mol. The Morgan fingerprint density at radius 3 is 3.00 bits per heavy atom. The molecule has 1 radical (unpaired) electrons. The fraction of sp³-hybridized carbons (Fsp3) is 0.105. The highest BCUT2D eigenvalue weighted by atomic mass is 15.1. The van der Waals surface area contributed by atoms with Gasteiger partial charge in [-0.05, 0) is 37.3 Å². The van der Waals surface area contributed by atoms with Gasteiger partial charge < -0.3 is 9.88 Å². The van der Waals surface area contributed by atoms with Crippen LogP contribution < -0.4 is 5.32 Å². The van der Waals surface area contributed by atoms with E-state index in [0.29, 0.717) is 5.95 Å². The molecule has 0 aliphatic rings. The second-order valence-electron chi connectivity index (χ2n) is 5.40. The van der Waals surface area contributed by atoms with E-state index in [4.69, 9.17) is 0 Å². The van der Waals surface area contributed by atoms with Crippen LogP contribution in [0.5, 0.6) is 0 Å². The Bertz CT molecular complexity index is 975. The third kappa shape index (κ3) is 2.60. The summed E-state index contributed by atoms with van der Waals surface area (Å²) in [4.78, 5) is 13.2. The largest absolute Gasteiger partial charge is 0.346 e. The standard InChI is InChI=1S/C19H16N5/c1-2-24-13-16(15-8-10-20-12-18(15)24)17-9-11-21-19(23-17)22-14-6-4-3-5-7-14/h3-4,6-13H,2H2,1H3,(H,21,22,23). The van der Waals surface area contributed by atoms with Gasteiger partial charge in [0.1, 0.15) is 0 Å². The summed E-state index contributed by atoms with van der Waals surface area (Å²) in [6.45, 7) is 3.01. The minimum atomic E-state index is 0.568. The maximum Gasteiger partial charge on any atom is 0.227 e. The Morgan fingerprint density at radius 2 is 2.17 bits per heavy atom. The lowest BCUT2D eigenvalue weighted by Gasteiger charge is -2.05. The van der Waals surface area contributed by atoms with Crippen LogP contribution in [-0.2, 0) is 6.54 Å². The molecule has 0 amide bonds. The van der Waals surface area contributed by atoms with Crippen LogP contribution in [0.1, 0.15) is 6.92 Å². The lowest BCUT2D eigenvalue weighted by molar-refractivity contribution is 0.796. The molecule has 3 heterocycles. The second-order valence-corrected chi connectivity index (χ2v) is 5.40. The molecule has 0 spiro atoms. The van der Waals surface area contributed by atoms with E-state index in [-0.39, 0.29) is 0 Å². The van der Waals surface area contributed by atoms with E-state index in [1.165, 1.54) is 0 Å². The van der Waals surface area contributed by atoms with E-state index in [1.54, 1.807) is 6.20 Å². The lowest BCUT2D eigenvalue weighted by Crippen LogP contribution is -1.97. The number of nitrogens with zero attached hydrogens (tertiary/aromatic N) is 4. The number of hydrogen-bond donors (Lipinski definition) is 1. The van der Waals surface area contributed by atoms with Gasteiger partial charge in [0.05, 0.1) is 17.4 Å². The van der Waals surface area contributed by atoms with Crippen LogP contribution in [0.3, 0.4) is 0 Å². The maximum atomic E-state index is 4.67. The zero-order chi connectivity index (χ0) is 16.4. The molecule has 0 unspecified atom stereocenters.